The maximum atomic E-state index is 5.24. The molecule has 2 rings (SSSR count). The molecule has 1 aromatic carbocycles. The maximum absolute atomic E-state index is 5.24. The predicted octanol–water partition coefficient (Wildman–Crippen LogP) is 2.03. The Balaban J connectivity index is 2.09. The Morgan fingerprint density at radius 1 is 1.06 bits per heavy atom. The molecule has 1 aliphatic heterocycles. The van der Waals surface area contributed by atoms with E-state index in [9.17, 15) is 0 Å². The summed E-state index contributed by atoms with van der Waals surface area (Å²) < 4.78 is 15.6. The molecule has 0 unspecified atom stereocenters. The summed E-state index contributed by atoms with van der Waals surface area (Å²) in [6.45, 7) is 2.93. The van der Waals surface area contributed by atoms with Gasteiger partial charge in [0.15, 0.2) is 0 Å². The molecule has 0 bridgehead atoms. The summed E-state index contributed by atoms with van der Waals surface area (Å²) in [4.78, 5) is 0. The lowest BCUT2D eigenvalue weighted by atomic mass is 10.3. The summed E-state index contributed by atoms with van der Waals surface area (Å²) in [6, 6.07) is 5.42. The number of ether oxygens (including phenoxy) is 3. The Bertz CT molecular complexity index is 395. The molecule has 0 aromatic heterocycles. The van der Waals surface area contributed by atoms with Gasteiger partial charge in [-0.2, -0.15) is 0 Å². The number of benzene rings is 1. The fourth-order valence-electron chi connectivity index (χ4n) is 1.61. The van der Waals surface area contributed by atoms with Crippen LogP contribution in [0.3, 0.4) is 0 Å². The highest BCUT2D eigenvalue weighted by molar-refractivity contribution is 5.49. The normalized spacial score (nSPS) is 16.0. The van der Waals surface area contributed by atoms with Crippen LogP contribution in [0.2, 0.25) is 0 Å². The van der Waals surface area contributed by atoms with E-state index < -0.39 is 0 Å². The molecule has 1 aliphatic rings. The van der Waals surface area contributed by atoms with Crippen molar-refractivity contribution in [2.75, 3.05) is 40.5 Å². The van der Waals surface area contributed by atoms with Gasteiger partial charge in [-0.15, -0.1) is 5.11 Å². The van der Waals surface area contributed by atoms with Gasteiger partial charge in [0.25, 0.3) is 0 Å². The van der Waals surface area contributed by atoms with Crippen LogP contribution in [0.25, 0.3) is 0 Å². The number of methoxy groups -OCH3 is 2. The zero-order valence-electron chi connectivity index (χ0n) is 10.6. The number of nitrogens with zero attached hydrogens (tertiary/aromatic N) is 3. The van der Waals surface area contributed by atoms with Gasteiger partial charge < -0.3 is 14.2 Å². The van der Waals surface area contributed by atoms with Gasteiger partial charge in [-0.05, 0) is 0 Å². The summed E-state index contributed by atoms with van der Waals surface area (Å²) in [7, 11) is 3.22. The molecule has 0 N–H and O–H groups in total. The van der Waals surface area contributed by atoms with Crippen molar-refractivity contribution >= 4 is 5.69 Å². The third-order valence-corrected chi connectivity index (χ3v) is 2.61. The van der Waals surface area contributed by atoms with E-state index in [1.54, 1.807) is 20.3 Å². The molecule has 0 saturated carbocycles. The summed E-state index contributed by atoms with van der Waals surface area (Å²) in [5.41, 5.74) is 0.706. The second kappa shape index (κ2) is 6.20. The standard InChI is InChI=1S/C12H17N3O3/c1-16-11-7-10(8-12(9-11)17-2)13-14-15-3-5-18-6-4-15/h7-9H,3-6H2,1-2H3. The van der Waals surface area contributed by atoms with Crippen molar-refractivity contribution in [3.63, 3.8) is 0 Å². The first-order valence-corrected chi connectivity index (χ1v) is 5.79. The third-order valence-electron chi connectivity index (χ3n) is 2.61. The Kier molecular flexibility index (Phi) is 4.35. The van der Waals surface area contributed by atoms with Crippen molar-refractivity contribution < 1.29 is 14.2 Å². The highest BCUT2D eigenvalue weighted by Crippen LogP contribution is 2.27. The molecule has 98 valence electrons. The minimum absolute atomic E-state index is 0.695. The number of hydrogen-bond donors (Lipinski definition) is 0. The molecule has 6 nitrogen and oxygen atoms in total. The second-order valence-corrected chi connectivity index (χ2v) is 3.83. The molecule has 6 heteroatoms. The van der Waals surface area contributed by atoms with Crippen molar-refractivity contribution in [1.82, 2.24) is 5.01 Å². The SMILES string of the molecule is COc1cc(N=NN2CCOCC2)cc(OC)c1. The molecule has 1 aromatic rings. The van der Waals surface area contributed by atoms with E-state index >= 15 is 0 Å². The van der Waals surface area contributed by atoms with Gasteiger partial charge in [0.2, 0.25) is 0 Å². The monoisotopic (exact) mass is 251 g/mol. The van der Waals surface area contributed by atoms with Crippen LogP contribution >= 0.6 is 0 Å². The maximum Gasteiger partial charge on any atom is 0.124 e. The fraction of sp³-hybridized carbons (Fsp3) is 0.500. The van der Waals surface area contributed by atoms with E-state index in [1.165, 1.54) is 0 Å². The minimum atomic E-state index is 0.695. The van der Waals surface area contributed by atoms with Crippen molar-refractivity contribution in [2.24, 2.45) is 10.3 Å². The molecule has 0 radical (unpaired) electrons. The van der Waals surface area contributed by atoms with Gasteiger partial charge in [-0.1, -0.05) is 5.22 Å². The Hall–Kier alpha value is -1.82. The predicted molar refractivity (Wildman–Crippen MR) is 66.5 cm³/mol. The van der Waals surface area contributed by atoms with Gasteiger partial charge >= 0.3 is 0 Å². The minimum Gasteiger partial charge on any atom is -0.497 e. The largest absolute Gasteiger partial charge is 0.497 e. The third kappa shape index (κ3) is 3.33. The topological polar surface area (TPSA) is 55.7 Å². The van der Waals surface area contributed by atoms with Crippen molar-refractivity contribution in [3.8, 4) is 11.5 Å². The smallest absolute Gasteiger partial charge is 0.124 e. The van der Waals surface area contributed by atoms with Crippen LogP contribution in [-0.2, 0) is 4.74 Å². The van der Waals surface area contributed by atoms with E-state index in [4.69, 9.17) is 14.2 Å². The van der Waals surface area contributed by atoms with E-state index in [0.717, 1.165) is 13.1 Å². The zero-order valence-corrected chi connectivity index (χ0v) is 10.6. The lowest BCUT2D eigenvalue weighted by Gasteiger charge is -2.22. The van der Waals surface area contributed by atoms with E-state index in [-0.39, 0.29) is 0 Å². The molecule has 1 fully saturated rings. The van der Waals surface area contributed by atoms with Crippen LogP contribution in [0.5, 0.6) is 11.5 Å². The van der Waals surface area contributed by atoms with Crippen LogP contribution in [0, 0.1) is 0 Å². The molecule has 0 atom stereocenters. The molecule has 0 aliphatic carbocycles. The molecule has 1 heterocycles. The molecule has 18 heavy (non-hydrogen) atoms. The average Bonchev–Trinajstić information content (AvgIpc) is 2.45. The number of morpholine rings is 1. The van der Waals surface area contributed by atoms with Crippen LogP contribution in [-0.4, -0.2) is 45.5 Å². The van der Waals surface area contributed by atoms with E-state index in [2.05, 4.69) is 10.3 Å². The summed E-state index contributed by atoms with van der Waals surface area (Å²) in [5.74, 6) is 1.40. The number of hydrogen-bond acceptors (Lipinski definition) is 5. The summed E-state index contributed by atoms with van der Waals surface area (Å²) >= 11 is 0. The van der Waals surface area contributed by atoms with Crippen molar-refractivity contribution in [3.05, 3.63) is 18.2 Å². The quantitative estimate of drug-likeness (QED) is 0.768. The van der Waals surface area contributed by atoms with Gasteiger partial charge in [0.05, 0.1) is 46.2 Å². The first-order valence-electron chi connectivity index (χ1n) is 5.79. The average molecular weight is 251 g/mol. The van der Waals surface area contributed by atoms with Crippen molar-refractivity contribution in [1.29, 1.82) is 0 Å². The first-order chi connectivity index (χ1) is 8.81. The van der Waals surface area contributed by atoms with Gasteiger partial charge in [-0.3, -0.25) is 5.01 Å². The number of rotatable bonds is 4. The van der Waals surface area contributed by atoms with Crippen molar-refractivity contribution in [2.45, 2.75) is 0 Å². The van der Waals surface area contributed by atoms with Gasteiger partial charge in [0, 0.05) is 18.2 Å². The Morgan fingerprint density at radius 3 is 2.22 bits per heavy atom. The Labute approximate surface area is 106 Å². The first kappa shape index (κ1) is 12.6. The van der Waals surface area contributed by atoms with Crippen LogP contribution < -0.4 is 9.47 Å². The summed E-state index contributed by atoms with van der Waals surface area (Å²) in [6.07, 6.45) is 0. The summed E-state index contributed by atoms with van der Waals surface area (Å²) in [5, 5.41) is 10.2. The van der Waals surface area contributed by atoms with Crippen LogP contribution in [0.4, 0.5) is 5.69 Å². The zero-order chi connectivity index (χ0) is 12.8. The van der Waals surface area contributed by atoms with Crippen LogP contribution in [0.1, 0.15) is 0 Å². The molecule has 0 amide bonds. The molecular formula is C12H17N3O3. The molecule has 1 saturated heterocycles. The van der Waals surface area contributed by atoms with Gasteiger partial charge in [-0.25, -0.2) is 0 Å². The Morgan fingerprint density at radius 2 is 1.67 bits per heavy atom. The van der Waals surface area contributed by atoms with E-state index in [0.29, 0.717) is 30.4 Å². The van der Waals surface area contributed by atoms with Gasteiger partial charge in [0.1, 0.15) is 11.5 Å². The highest BCUT2D eigenvalue weighted by Gasteiger charge is 2.07. The molecular weight excluding hydrogens is 234 g/mol. The highest BCUT2D eigenvalue weighted by atomic mass is 16.5. The van der Waals surface area contributed by atoms with Crippen LogP contribution in [0.15, 0.2) is 28.5 Å². The lowest BCUT2D eigenvalue weighted by molar-refractivity contribution is 0.0353. The van der Waals surface area contributed by atoms with E-state index in [1.807, 2.05) is 17.1 Å². The fourth-order valence-corrected chi connectivity index (χ4v) is 1.61. The second-order valence-electron chi connectivity index (χ2n) is 3.83. The molecule has 0 spiro atoms. The lowest BCUT2D eigenvalue weighted by Crippen LogP contribution is -2.31.